The summed E-state index contributed by atoms with van der Waals surface area (Å²) in [5, 5.41) is 0. The van der Waals surface area contributed by atoms with Gasteiger partial charge in [-0.1, -0.05) is 0 Å². The molecule has 0 bridgehead atoms. The Morgan fingerprint density at radius 2 is 0.759 bits per heavy atom. The molecule has 0 radical (unpaired) electrons. The quantitative estimate of drug-likeness (QED) is 0.297. The van der Waals surface area contributed by atoms with Crippen molar-refractivity contribution in [2.75, 3.05) is 0 Å². The first-order chi connectivity index (χ1) is 11.5. The molecule has 0 spiro atoms. The van der Waals surface area contributed by atoms with Gasteiger partial charge in [-0.25, -0.2) is 12.2 Å². The van der Waals surface area contributed by atoms with E-state index in [9.17, 15) is 0 Å². The molecule has 1 aliphatic rings. The van der Waals surface area contributed by atoms with Crippen molar-refractivity contribution in [2.24, 2.45) is 0 Å². The largest absolute Gasteiger partial charge is 0.358 e. The molecule has 0 atom stereocenters. The van der Waals surface area contributed by atoms with Crippen molar-refractivity contribution in [3.05, 3.63) is 171 Å². The van der Waals surface area contributed by atoms with E-state index in [2.05, 4.69) is 30.4 Å². The second-order valence-corrected chi connectivity index (χ2v) is 4.24. The zero-order valence-corrected chi connectivity index (χ0v) is 21.1. The van der Waals surface area contributed by atoms with Gasteiger partial charge in [0.2, 0.25) is 0 Å². The maximum absolute atomic E-state index is 2.99. The maximum Gasteiger partial charge on any atom is 0 e. The van der Waals surface area contributed by atoms with Crippen LogP contribution in [0.15, 0.2) is 109 Å². The van der Waals surface area contributed by atoms with Crippen LogP contribution in [0.2, 0.25) is 0 Å². The van der Waals surface area contributed by atoms with Crippen LogP contribution in [0, 0.1) is 61.4 Å². The molecule has 4 rings (SSSR count). The van der Waals surface area contributed by atoms with Crippen LogP contribution < -0.4 is 0 Å². The molecule has 0 N–H and O–H groups in total. The molecule has 3 aromatic carbocycles. The minimum atomic E-state index is 0. The smallest absolute Gasteiger partial charge is 0 e. The fraction of sp³-hybridized carbons (Fsp3) is 0.0357. The van der Waals surface area contributed by atoms with Crippen LogP contribution in [0.5, 0.6) is 0 Å². The van der Waals surface area contributed by atoms with E-state index in [-0.39, 0.29) is 63.3 Å². The summed E-state index contributed by atoms with van der Waals surface area (Å²) in [5.41, 5.74) is 0. The third-order valence-electron chi connectivity index (χ3n) is 2.41. The Bertz CT molecular complexity index is 437. The maximum atomic E-state index is 2.99. The molecule has 0 heterocycles. The summed E-state index contributed by atoms with van der Waals surface area (Å²) in [4.78, 5) is 0. The summed E-state index contributed by atoms with van der Waals surface area (Å²) < 4.78 is 0. The van der Waals surface area contributed by atoms with Crippen molar-refractivity contribution < 1.29 is 26.2 Å². The summed E-state index contributed by atoms with van der Waals surface area (Å²) in [7, 11) is 0. The number of benzene rings is 3. The van der Waals surface area contributed by atoms with Crippen LogP contribution in [0.4, 0.5) is 0 Å². The molecular weight excluding hydrogens is 428 g/mol. The Labute approximate surface area is 202 Å². The van der Waals surface area contributed by atoms with Crippen LogP contribution in [0.1, 0.15) is 6.42 Å². The molecule has 1 aliphatic carbocycles. The van der Waals surface area contributed by atoms with Gasteiger partial charge in [-0.2, -0.15) is 115 Å². The van der Waals surface area contributed by atoms with Crippen LogP contribution in [0.3, 0.4) is 0 Å². The van der Waals surface area contributed by atoms with Gasteiger partial charge in [0, 0.05) is 26.2 Å². The standard InChI is InChI=1S/3C6H5.C5H5.5CH3.Zr/c3*1-2-4-6-5-3-1;1-2-4-5-3-1;;;;;;/h3*1-5H;1-3H,4H2;5*1H3;/q9*-1;. The molecule has 0 saturated heterocycles. The second-order valence-electron chi connectivity index (χ2n) is 4.24. The van der Waals surface area contributed by atoms with Crippen molar-refractivity contribution in [2.45, 2.75) is 6.42 Å². The summed E-state index contributed by atoms with van der Waals surface area (Å²) in [6.45, 7) is 0. The molecule has 0 aliphatic heterocycles. The first-order valence-corrected chi connectivity index (χ1v) is 7.45. The van der Waals surface area contributed by atoms with Crippen LogP contribution in [0.25, 0.3) is 0 Å². The summed E-state index contributed by atoms with van der Waals surface area (Å²) in [6.07, 6.45) is 10.0. The van der Waals surface area contributed by atoms with Gasteiger partial charge in [-0.3, -0.25) is 6.08 Å². The fourth-order valence-corrected chi connectivity index (χ4v) is 1.37. The van der Waals surface area contributed by atoms with Gasteiger partial charge in [0.15, 0.2) is 0 Å². The monoisotopic (exact) mass is 461 g/mol. The molecule has 29 heavy (non-hydrogen) atoms. The zero-order valence-electron chi connectivity index (χ0n) is 18.6. The molecular formula is C28H35Zr-9. The predicted octanol–water partition coefficient (Wildman–Crippen LogP) is 8.02. The third-order valence-corrected chi connectivity index (χ3v) is 2.41. The number of hydrogen-bond acceptors (Lipinski definition) is 0. The average Bonchev–Trinajstić information content (AvgIpc) is 3.27. The molecule has 0 amide bonds. The summed E-state index contributed by atoms with van der Waals surface area (Å²) in [5.74, 6) is 0. The minimum Gasteiger partial charge on any atom is -0.358 e. The molecule has 160 valence electrons. The Hall–Kier alpha value is -1.98. The Kier molecular flexibility index (Phi) is 52.6. The predicted molar refractivity (Wildman–Crippen MR) is 129 cm³/mol. The van der Waals surface area contributed by atoms with E-state index >= 15 is 0 Å². The van der Waals surface area contributed by atoms with Crippen LogP contribution in [-0.4, -0.2) is 0 Å². The van der Waals surface area contributed by atoms with Crippen molar-refractivity contribution in [1.82, 2.24) is 0 Å². The molecule has 0 nitrogen and oxygen atoms in total. The van der Waals surface area contributed by atoms with E-state index < -0.39 is 0 Å². The van der Waals surface area contributed by atoms with Crippen molar-refractivity contribution in [1.29, 1.82) is 0 Å². The molecule has 3 aromatic rings. The van der Waals surface area contributed by atoms with Gasteiger partial charge in [-0.15, -0.1) is 6.42 Å². The molecule has 0 aromatic heterocycles. The van der Waals surface area contributed by atoms with Gasteiger partial charge in [-0.05, 0) is 0 Å². The second kappa shape index (κ2) is 36.9. The number of hydrogen-bond donors (Lipinski definition) is 0. The number of rotatable bonds is 0. The normalized spacial score (nSPS) is 8.00. The minimum absolute atomic E-state index is 0. The molecule has 0 unspecified atom stereocenters. The molecule has 0 saturated carbocycles. The van der Waals surface area contributed by atoms with Crippen molar-refractivity contribution >= 4 is 0 Å². The fourth-order valence-electron chi connectivity index (χ4n) is 1.37. The zero-order chi connectivity index (χ0) is 16.3. The first kappa shape index (κ1) is 41.4. The van der Waals surface area contributed by atoms with Gasteiger partial charge in [0.1, 0.15) is 0 Å². The van der Waals surface area contributed by atoms with Gasteiger partial charge in [0.25, 0.3) is 0 Å². The molecule has 1 heteroatoms. The van der Waals surface area contributed by atoms with Crippen LogP contribution >= 0.6 is 0 Å². The van der Waals surface area contributed by atoms with Gasteiger partial charge in [0.05, 0.1) is 0 Å². The third kappa shape index (κ3) is 34.0. The van der Waals surface area contributed by atoms with Crippen LogP contribution in [-0.2, 0) is 26.2 Å². The summed E-state index contributed by atoms with van der Waals surface area (Å²) in [6, 6.07) is 37.5. The van der Waals surface area contributed by atoms with E-state index in [0.717, 1.165) is 6.42 Å². The van der Waals surface area contributed by atoms with Gasteiger partial charge < -0.3 is 37.1 Å². The van der Waals surface area contributed by atoms with Gasteiger partial charge >= 0.3 is 0 Å². The topological polar surface area (TPSA) is 0 Å². The van der Waals surface area contributed by atoms with E-state index in [1.165, 1.54) is 0 Å². The van der Waals surface area contributed by atoms with E-state index in [4.69, 9.17) is 0 Å². The summed E-state index contributed by atoms with van der Waals surface area (Å²) >= 11 is 0. The van der Waals surface area contributed by atoms with E-state index in [1.54, 1.807) is 0 Å². The average molecular weight is 463 g/mol. The Morgan fingerprint density at radius 1 is 0.448 bits per heavy atom. The van der Waals surface area contributed by atoms with Crippen molar-refractivity contribution in [3.8, 4) is 0 Å². The molecule has 0 fully saturated rings. The van der Waals surface area contributed by atoms with E-state index in [1.807, 2.05) is 103 Å². The SMILES string of the molecule is [C-]1=CC=CC1.[CH3-].[CH3-].[CH3-].[CH3-].[CH3-].[Zr].[c-]1ccccc1.[c-]1ccccc1.[c-]1ccccc1. The van der Waals surface area contributed by atoms with E-state index in [0.29, 0.717) is 0 Å². The van der Waals surface area contributed by atoms with Crippen molar-refractivity contribution in [3.63, 3.8) is 0 Å². The number of allylic oxidation sites excluding steroid dienone is 4. The Morgan fingerprint density at radius 3 is 0.828 bits per heavy atom. The Balaban J connectivity index is -0.0000000570. The first-order valence-electron chi connectivity index (χ1n) is 7.45.